The molecule has 1 saturated heterocycles. The first-order chi connectivity index (χ1) is 12.3. The summed E-state index contributed by atoms with van der Waals surface area (Å²) in [5.74, 6) is -1.85. The number of hydrogen-bond donors (Lipinski definition) is 3. The third-order valence-electron chi connectivity index (χ3n) is 3.37. The number of carbonyl (C=O) groups is 3. The maximum atomic E-state index is 12.5. The fraction of sp³-hybridized carbons (Fsp3) is 0.250. The van der Waals surface area contributed by atoms with Crippen molar-refractivity contribution in [2.45, 2.75) is 12.8 Å². The van der Waals surface area contributed by atoms with E-state index in [9.17, 15) is 19.5 Å². The largest absolute Gasteiger partial charge is 0.507 e. The van der Waals surface area contributed by atoms with E-state index in [0.717, 1.165) is 11.8 Å². The van der Waals surface area contributed by atoms with Gasteiger partial charge in [-0.15, -0.1) is 0 Å². The molecule has 1 aliphatic rings. The minimum atomic E-state index is -1.12. The van der Waals surface area contributed by atoms with E-state index in [4.69, 9.17) is 28.9 Å². The van der Waals surface area contributed by atoms with Crippen molar-refractivity contribution < 1.29 is 24.6 Å². The predicted octanol–water partition coefficient (Wildman–Crippen LogP) is 2.23. The smallest absolute Gasteiger partial charge is 0.322 e. The van der Waals surface area contributed by atoms with Crippen molar-refractivity contribution in [3.05, 3.63) is 33.7 Å². The van der Waals surface area contributed by atoms with Gasteiger partial charge in [0.2, 0.25) is 5.91 Å². The summed E-state index contributed by atoms with van der Waals surface area (Å²) < 4.78 is 0.355. The Morgan fingerprint density at radius 3 is 2.81 bits per heavy atom. The van der Waals surface area contributed by atoms with Gasteiger partial charge in [-0.2, -0.15) is 0 Å². The Labute approximate surface area is 164 Å². The Kier molecular flexibility index (Phi) is 7.01. The van der Waals surface area contributed by atoms with Gasteiger partial charge < -0.3 is 15.5 Å². The molecule has 1 aromatic rings. The van der Waals surface area contributed by atoms with Gasteiger partial charge in [0.05, 0.1) is 4.91 Å². The number of halogens is 1. The summed E-state index contributed by atoms with van der Waals surface area (Å²) in [6.45, 7) is -0.199. The van der Waals surface area contributed by atoms with Crippen molar-refractivity contribution >= 4 is 63.8 Å². The molecule has 0 bridgehead atoms. The number of nitrogens with one attached hydrogen (secondary N) is 1. The van der Waals surface area contributed by atoms with E-state index in [-0.39, 0.29) is 24.6 Å². The van der Waals surface area contributed by atoms with Crippen molar-refractivity contribution in [3.8, 4) is 5.75 Å². The second-order valence-electron chi connectivity index (χ2n) is 5.31. The molecule has 0 aromatic heterocycles. The van der Waals surface area contributed by atoms with Crippen molar-refractivity contribution in [1.82, 2.24) is 10.2 Å². The molecule has 3 N–H and O–H groups in total. The van der Waals surface area contributed by atoms with Crippen LogP contribution in [0.25, 0.3) is 6.08 Å². The highest BCUT2D eigenvalue weighted by Crippen LogP contribution is 2.34. The number of nitrogens with zero attached hydrogens (tertiary/aromatic N) is 1. The van der Waals surface area contributed by atoms with Gasteiger partial charge >= 0.3 is 5.97 Å². The maximum Gasteiger partial charge on any atom is 0.322 e. The Morgan fingerprint density at radius 2 is 2.12 bits per heavy atom. The first-order valence-corrected chi connectivity index (χ1v) is 9.10. The number of amides is 2. The molecule has 2 rings (SSSR count). The number of benzene rings is 1. The summed E-state index contributed by atoms with van der Waals surface area (Å²) >= 11 is 12.2. The molecular formula is C16H15ClN2O5S2. The average molecular weight is 415 g/mol. The van der Waals surface area contributed by atoms with Crippen molar-refractivity contribution in [2.75, 3.05) is 13.1 Å². The van der Waals surface area contributed by atoms with Crippen LogP contribution in [0.1, 0.15) is 18.4 Å². The SMILES string of the molecule is O=C(O)CNC(=O)CCCN1C(=O)/C(=C/c2cc(Cl)ccc2O)SC1=S. The van der Waals surface area contributed by atoms with Crippen LogP contribution in [0, 0.1) is 0 Å². The molecule has 0 unspecified atom stereocenters. The zero-order valence-electron chi connectivity index (χ0n) is 13.4. The van der Waals surface area contributed by atoms with Gasteiger partial charge in [0.1, 0.15) is 16.6 Å². The van der Waals surface area contributed by atoms with Crippen LogP contribution in [0.5, 0.6) is 5.75 Å². The molecule has 1 aliphatic heterocycles. The van der Waals surface area contributed by atoms with E-state index in [1.165, 1.54) is 29.2 Å². The standard InChI is InChI=1S/C16H15ClN2O5S2/c17-10-3-4-11(20)9(6-10)7-12-15(24)19(16(25)26-12)5-1-2-13(21)18-8-14(22)23/h3-4,6-7,20H,1-2,5,8H2,(H,18,21)(H,22,23)/b12-7-. The second-order valence-corrected chi connectivity index (χ2v) is 7.42. The number of rotatable bonds is 7. The molecule has 7 nitrogen and oxygen atoms in total. The highest BCUT2D eigenvalue weighted by molar-refractivity contribution is 8.26. The molecule has 1 fully saturated rings. The van der Waals surface area contributed by atoms with Crippen LogP contribution in [-0.4, -0.2) is 50.3 Å². The summed E-state index contributed by atoms with van der Waals surface area (Å²) in [5.41, 5.74) is 0.408. The molecule has 0 atom stereocenters. The lowest BCUT2D eigenvalue weighted by Gasteiger charge is -2.13. The molecule has 26 heavy (non-hydrogen) atoms. The third-order valence-corrected chi connectivity index (χ3v) is 4.98. The van der Waals surface area contributed by atoms with Crippen molar-refractivity contribution in [3.63, 3.8) is 0 Å². The molecule has 0 spiro atoms. The molecule has 0 radical (unpaired) electrons. The lowest BCUT2D eigenvalue weighted by molar-refractivity contribution is -0.137. The van der Waals surface area contributed by atoms with E-state index in [1.807, 2.05) is 0 Å². The molecule has 0 saturated carbocycles. The van der Waals surface area contributed by atoms with Crippen LogP contribution in [0.15, 0.2) is 23.1 Å². The molecule has 138 valence electrons. The van der Waals surface area contributed by atoms with E-state index < -0.39 is 18.4 Å². The van der Waals surface area contributed by atoms with Gasteiger partial charge in [0.25, 0.3) is 5.91 Å². The summed E-state index contributed by atoms with van der Waals surface area (Å²) in [6.07, 6.45) is 1.94. The number of phenolic OH excluding ortho intramolecular Hbond substituents is 1. The van der Waals surface area contributed by atoms with Crippen LogP contribution in [-0.2, 0) is 14.4 Å². The molecule has 10 heteroatoms. The van der Waals surface area contributed by atoms with Crippen LogP contribution >= 0.6 is 35.6 Å². The monoisotopic (exact) mass is 414 g/mol. The first-order valence-electron chi connectivity index (χ1n) is 7.50. The number of carboxylic acid groups (broad SMARTS) is 1. The predicted molar refractivity (Wildman–Crippen MR) is 103 cm³/mol. The van der Waals surface area contributed by atoms with Gasteiger partial charge in [0, 0.05) is 23.6 Å². The number of aliphatic carboxylic acids is 1. The van der Waals surface area contributed by atoms with Gasteiger partial charge in [-0.1, -0.05) is 35.6 Å². The lowest BCUT2D eigenvalue weighted by Crippen LogP contribution is -2.32. The molecule has 0 aliphatic carbocycles. The minimum Gasteiger partial charge on any atom is -0.507 e. The van der Waals surface area contributed by atoms with E-state index >= 15 is 0 Å². The van der Waals surface area contributed by atoms with Crippen LogP contribution in [0.3, 0.4) is 0 Å². The van der Waals surface area contributed by atoms with Gasteiger partial charge in [-0.3, -0.25) is 19.3 Å². The lowest BCUT2D eigenvalue weighted by atomic mass is 10.2. The Bertz CT molecular complexity index is 797. The summed E-state index contributed by atoms with van der Waals surface area (Å²) in [5, 5.41) is 21.0. The molecule has 1 aromatic carbocycles. The molecular weight excluding hydrogens is 400 g/mol. The van der Waals surface area contributed by atoms with E-state index in [1.54, 1.807) is 0 Å². The van der Waals surface area contributed by atoms with Gasteiger partial charge in [0.15, 0.2) is 0 Å². The Balaban J connectivity index is 1.96. The quantitative estimate of drug-likeness (QED) is 0.464. The van der Waals surface area contributed by atoms with E-state index in [0.29, 0.717) is 26.2 Å². The number of aromatic hydroxyl groups is 1. The maximum absolute atomic E-state index is 12.5. The van der Waals surface area contributed by atoms with Crippen molar-refractivity contribution in [1.29, 1.82) is 0 Å². The van der Waals surface area contributed by atoms with E-state index in [2.05, 4.69) is 5.32 Å². The summed E-state index contributed by atoms with van der Waals surface area (Å²) in [7, 11) is 0. The minimum absolute atomic E-state index is 0.00484. The van der Waals surface area contributed by atoms with Crippen LogP contribution in [0.4, 0.5) is 0 Å². The zero-order chi connectivity index (χ0) is 19.3. The summed E-state index contributed by atoms with van der Waals surface area (Å²) in [4.78, 5) is 36.1. The van der Waals surface area contributed by atoms with Crippen LogP contribution < -0.4 is 5.32 Å². The summed E-state index contributed by atoms with van der Waals surface area (Å²) in [6, 6.07) is 4.51. The Hall–Kier alpha value is -2.10. The zero-order valence-corrected chi connectivity index (χ0v) is 15.8. The highest BCUT2D eigenvalue weighted by atomic mass is 35.5. The normalized spacial score (nSPS) is 15.6. The number of hydrogen-bond acceptors (Lipinski definition) is 6. The average Bonchev–Trinajstić information content (AvgIpc) is 2.83. The van der Waals surface area contributed by atoms with Crippen LogP contribution in [0.2, 0.25) is 5.02 Å². The number of carbonyl (C=O) groups excluding carboxylic acids is 2. The van der Waals surface area contributed by atoms with Gasteiger partial charge in [-0.25, -0.2) is 0 Å². The fourth-order valence-corrected chi connectivity index (χ4v) is 3.62. The topological polar surface area (TPSA) is 107 Å². The number of thioether (sulfide) groups is 1. The first kappa shape index (κ1) is 20.2. The second kappa shape index (κ2) is 9.02. The number of phenols is 1. The Morgan fingerprint density at radius 1 is 1.38 bits per heavy atom. The fourth-order valence-electron chi connectivity index (χ4n) is 2.14. The number of carboxylic acids is 1. The van der Waals surface area contributed by atoms with Crippen molar-refractivity contribution in [2.24, 2.45) is 0 Å². The highest BCUT2D eigenvalue weighted by Gasteiger charge is 2.31. The van der Waals surface area contributed by atoms with Gasteiger partial charge in [-0.05, 0) is 30.7 Å². The molecule has 1 heterocycles. The molecule has 2 amide bonds. The third kappa shape index (κ3) is 5.45. The number of thiocarbonyl (C=S) groups is 1.